The molecule has 0 saturated carbocycles. The van der Waals surface area contributed by atoms with Crippen molar-refractivity contribution < 1.29 is 14.3 Å². The van der Waals surface area contributed by atoms with Gasteiger partial charge >= 0.3 is 0 Å². The van der Waals surface area contributed by atoms with Crippen molar-refractivity contribution in [2.24, 2.45) is 5.92 Å². The molecule has 0 radical (unpaired) electrons. The SMILES string of the molecule is CCOC(C(=O)COC(C)C)C(C)C. The molecular weight excluding hydrogens is 180 g/mol. The Balaban J connectivity index is 4.02. The fourth-order valence-corrected chi connectivity index (χ4v) is 1.17. The smallest absolute Gasteiger partial charge is 0.187 e. The molecule has 84 valence electrons. The van der Waals surface area contributed by atoms with Gasteiger partial charge in [-0.15, -0.1) is 0 Å². The second-order valence-corrected chi connectivity index (χ2v) is 3.95. The van der Waals surface area contributed by atoms with Crippen LogP contribution in [0.5, 0.6) is 0 Å². The number of carbonyl (C=O) groups excluding carboxylic acids is 1. The van der Waals surface area contributed by atoms with Crippen molar-refractivity contribution in [3.63, 3.8) is 0 Å². The lowest BCUT2D eigenvalue weighted by Crippen LogP contribution is -2.33. The Kier molecular flexibility index (Phi) is 6.75. The first kappa shape index (κ1) is 13.6. The lowest BCUT2D eigenvalue weighted by Gasteiger charge is -2.19. The lowest BCUT2D eigenvalue weighted by molar-refractivity contribution is -0.139. The predicted octanol–water partition coefficient (Wildman–Crippen LogP) is 2.04. The maximum atomic E-state index is 11.6. The Morgan fingerprint density at radius 3 is 2.07 bits per heavy atom. The summed E-state index contributed by atoms with van der Waals surface area (Å²) in [6.07, 6.45) is -0.230. The summed E-state index contributed by atoms with van der Waals surface area (Å²) in [5, 5.41) is 0. The quantitative estimate of drug-likeness (QED) is 0.633. The molecule has 3 nitrogen and oxygen atoms in total. The van der Waals surface area contributed by atoms with Gasteiger partial charge in [0.1, 0.15) is 12.7 Å². The van der Waals surface area contributed by atoms with Gasteiger partial charge in [-0.05, 0) is 26.7 Å². The van der Waals surface area contributed by atoms with E-state index in [4.69, 9.17) is 9.47 Å². The number of hydrogen-bond acceptors (Lipinski definition) is 3. The van der Waals surface area contributed by atoms with Gasteiger partial charge in [-0.2, -0.15) is 0 Å². The van der Waals surface area contributed by atoms with E-state index in [2.05, 4.69) is 0 Å². The van der Waals surface area contributed by atoms with Crippen LogP contribution in [-0.2, 0) is 14.3 Å². The number of carbonyl (C=O) groups is 1. The third-order valence-corrected chi connectivity index (χ3v) is 1.83. The molecule has 0 aliphatic rings. The fraction of sp³-hybridized carbons (Fsp3) is 0.909. The van der Waals surface area contributed by atoms with Crippen LogP contribution in [0, 0.1) is 5.92 Å². The fourth-order valence-electron chi connectivity index (χ4n) is 1.17. The standard InChI is InChI=1S/C11H22O3/c1-6-13-11(8(2)3)10(12)7-14-9(4)5/h8-9,11H,6-7H2,1-5H3. The first-order valence-electron chi connectivity index (χ1n) is 5.24. The highest BCUT2D eigenvalue weighted by Gasteiger charge is 2.22. The van der Waals surface area contributed by atoms with Gasteiger partial charge in [-0.1, -0.05) is 13.8 Å². The third kappa shape index (κ3) is 5.35. The monoisotopic (exact) mass is 202 g/mol. The molecular formula is C11H22O3. The van der Waals surface area contributed by atoms with E-state index in [0.29, 0.717) is 6.61 Å². The minimum Gasteiger partial charge on any atom is -0.371 e. The van der Waals surface area contributed by atoms with Gasteiger partial charge in [0.2, 0.25) is 0 Å². The van der Waals surface area contributed by atoms with Crippen molar-refractivity contribution in [2.75, 3.05) is 13.2 Å². The summed E-state index contributed by atoms with van der Waals surface area (Å²) >= 11 is 0. The molecule has 0 saturated heterocycles. The van der Waals surface area contributed by atoms with Crippen molar-refractivity contribution >= 4 is 5.78 Å². The van der Waals surface area contributed by atoms with Crippen LogP contribution in [0.1, 0.15) is 34.6 Å². The Labute approximate surface area is 86.8 Å². The molecule has 0 fully saturated rings. The van der Waals surface area contributed by atoms with Crippen molar-refractivity contribution in [1.29, 1.82) is 0 Å². The Hall–Kier alpha value is -0.410. The first-order valence-corrected chi connectivity index (χ1v) is 5.24. The van der Waals surface area contributed by atoms with E-state index in [9.17, 15) is 4.79 Å². The summed E-state index contributed by atoms with van der Waals surface area (Å²) in [5.74, 6) is 0.244. The molecule has 0 aromatic carbocycles. The highest BCUT2D eigenvalue weighted by Crippen LogP contribution is 2.08. The van der Waals surface area contributed by atoms with Crippen LogP contribution in [0.15, 0.2) is 0 Å². The number of ether oxygens (including phenoxy) is 2. The molecule has 0 heterocycles. The molecule has 0 bridgehead atoms. The molecule has 1 unspecified atom stereocenters. The van der Waals surface area contributed by atoms with Gasteiger partial charge < -0.3 is 9.47 Å². The largest absolute Gasteiger partial charge is 0.371 e. The second kappa shape index (κ2) is 6.96. The van der Waals surface area contributed by atoms with Crippen molar-refractivity contribution in [3.05, 3.63) is 0 Å². The van der Waals surface area contributed by atoms with Gasteiger partial charge in [-0.25, -0.2) is 0 Å². The van der Waals surface area contributed by atoms with Crippen LogP contribution in [0.3, 0.4) is 0 Å². The van der Waals surface area contributed by atoms with Crippen LogP contribution in [0.4, 0.5) is 0 Å². The summed E-state index contributed by atoms with van der Waals surface area (Å²) in [4.78, 5) is 11.6. The average Bonchev–Trinajstić information content (AvgIpc) is 2.09. The van der Waals surface area contributed by atoms with E-state index >= 15 is 0 Å². The maximum Gasteiger partial charge on any atom is 0.187 e. The minimum atomic E-state index is -0.321. The van der Waals surface area contributed by atoms with Gasteiger partial charge in [-0.3, -0.25) is 4.79 Å². The summed E-state index contributed by atoms with van der Waals surface area (Å²) in [5.41, 5.74) is 0. The first-order chi connectivity index (χ1) is 6.49. The highest BCUT2D eigenvalue weighted by molar-refractivity contribution is 5.84. The van der Waals surface area contributed by atoms with E-state index in [1.54, 1.807) is 0 Å². The van der Waals surface area contributed by atoms with E-state index in [1.807, 2.05) is 34.6 Å². The number of Topliss-reactive ketones (excluding diaryl/α,β-unsaturated/α-hetero) is 1. The van der Waals surface area contributed by atoms with Gasteiger partial charge in [0.05, 0.1) is 6.10 Å². The van der Waals surface area contributed by atoms with Crippen molar-refractivity contribution in [1.82, 2.24) is 0 Å². The zero-order valence-corrected chi connectivity index (χ0v) is 9.87. The number of hydrogen-bond donors (Lipinski definition) is 0. The summed E-state index contributed by atoms with van der Waals surface area (Å²) in [6.45, 7) is 10.4. The lowest BCUT2D eigenvalue weighted by atomic mass is 10.0. The summed E-state index contributed by atoms with van der Waals surface area (Å²) < 4.78 is 10.6. The maximum absolute atomic E-state index is 11.6. The zero-order chi connectivity index (χ0) is 11.1. The van der Waals surface area contributed by atoms with Gasteiger partial charge in [0.15, 0.2) is 5.78 Å². The van der Waals surface area contributed by atoms with Gasteiger partial charge in [0, 0.05) is 6.61 Å². The average molecular weight is 202 g/mol. The molecule has 1 atom stereocenters. The minimum absolute atomic E-state index is 0.0375. The topological polar surface area (TPSA) is 35.5 Å². The second-order valence-electron chi connectivity index (χ2n) is 3.95. The number of ketones is 1. The molecule has 0 aromatic rings. The van der Waals surface area contributed by atoms with Crippen LogP contribution < -0.4 is 0 Å². The normalized spacial score (nSPS) is 13.6. The molecule has 0 amide bonds. The van der Waals surface area contributed by atoms with E-state index < -0.39 is 0 Å². The molecule has 14 heavy (non-hydrogen) atoms. The highest BCUT2D eigenvalue weighted by atomic mass is 16.5. The molecule has 0 aliphatic carbocycles. The Morgan fingerprint density at radius 2 is 1.71 bits per heavy atom. The molecule has 0 aromatic heterocycles. The van der Waals surface area contributed by atoms with Crippen LogP contribution in [0.25, 0.3) is 0 Å². The zero-order valence-electron chi connectivity index (χ0n) is 9.87. The van der Waals surface area contributed by atoms with Crippen molar-refractivity contribution in [3.8, 4) is 0 Å². The van der Waals surface area contributed by atoms with E-state index in [0.717, 1.165) is 0 Å². The third-order valence-electron chi connectivity index (χ3n) is 1.83. The van der Waals surface area contributed by atoms with Crippen LogP contribution in [0.2, 0.25) is 0 Å². The molecule has 0 spiro atoms. The Bertz CT molecular complexity index is 164. The Morgan fingerprint density at radius 1 is 1.14 bits per heavy atom. The van der Waals surface area contributed by atoms with Crippen LogP contribution in [-0.4, -0.2) is 31.2 Å². The van der Waals surface area contributed by atoms with Gasteiger partial charge in [0.25, 0.3) is 0 Å². The molecule has 0 N–H and O–H groups in total. The summed E-state index contributed by atoms with van der Waals surface area (Å²) in [6, 6.07) is 0. The van der Waals surface area contributed by atoms with E-state index in [-0.39, 0.29) is 30.5 Å². The predicted molar refractivity (Wildman–Crippen MR) is 56.3 cm³/mol. The molecule has 0 aliphatic heterocycles. The van der Waals surface area contributed by atoms with E-state index in [1.165, 1.54) is 0 Å². The van der Waals surface area contributed by atoms with Crippen molar-refractivity contribution in [2.45, 2.75) is 46.8 Å². The molecule has 3 heteroatoms. The summed E-state index contributed by atoms with van der Waals surface area (Å²) in [7, 11) is 0. The number of rotatable bonds is 7. The van der Waals surface area contributed by atoms with Crippen LogP contribution >= 0.6 is 0 Å². The molecule has 0 rings (SSSR count).